The van der Waals surface area contributed by atoms with Crippen LogP contribution in [0.25, 0.3) is 0 Å². The number of likely N-dealkylation sites (N-methyl/N-ethyl adjacent to an activating group) is 1. The Kier molecular flexibility index (Phi) is 7.16. The number of nitrogens with one attached hydrogen (secondary N) is 2. The summed E-state index contributed by atoms with van der Waals surface area (Å²) in [6, 6.07) is 16.7. The zero-order valence-corrected chi connectivity index (χ0v) is 14.8. The first-order valence-corrected chi connectivity index (χ1v) is 8.56. The van der Waals surface area contributed by atoms with Crippen LogP contribution >= 0.6 is 0 Å². The lowest BCUT2D eigenvalue weighted by molar-refractivity contribution is -0.117. The van der Waals surface area contributed by atoms with Crippen molar-refractivity contribution in [2.75, 3.05) is 25.0 Å². The fraction of sp³-hybridized carbons (Fsp3) is 0.300. The molecule has 2 rings (SSSR count). The van der Waals surface area contributed by atoms with E-state index >= 15 is 0 Å². The third-order valence-electron chi connectivity index (χ3n) is 3.99. The van der Waals surface area contributed by atoms with Crippen molar-refractivity contribution in [3.05, 3.63) is 65.7 Å². The molecule has 0 heterocycles. The number of rotatable bonds is 8. The van der Waals surface area contributed by atoms with Crippen LogP contribution < -0.4 is 10.6 Å². The van der Waals surface area contributed by atoms with E-state index in [2.05, 4.69) is 10.6 Å². The minimum absolute atomic E-state index is 0.0509. The molecular formula is C20H25N3O2. The van der Waals surface area contributed by atoms with Crippen LogP contribution in [0.15, 0.2) is 54.6 Å². The van der Waals surface area contributed by atoms with Crippen LogP contribution in [0.5, 0.6) is 0 Å². The molecule has 2 aromatic rings. The highest BCUT2D eigenvalue weighted by molar-refractivity contribution is 5.96. The molecule has 0 aromatic heterocycles. The van der Waals surface area contributed by atoms with E-state index in [0.29, 0.717) is 24.3 Å². The highest BCUT2D eigenvalue weighted by Crippen LogP contribution is 2.10. The number of anilines is 1. The van der Waals surface area contributed by atoms with Gasteiger partial charge in [-0.15, -0.1) is 0 Å². The van der Waals surface area contributed by atoms with Crippen LogP contribution in [0.3, 0.4) is 0 Å². The molecule has 0 saturated heterocycles. The van der Waals surface area contributed by atoms with Crippen molar-refractivity contribution in [3.8, 4) is 0 Å². The lowest BCUT2D eigenvalue weighted by Gasteiger charge is -2.17. The monoisotopic (exact) mass is 339 g/mol. The summed E-state index contributed by atoms with van der Waals surface area (Å²) in [6.45, 7) is 6.59. The number of carbonyl (C=O) groups excluding carboxylic acids is 2. The van der Waals surface area contributed by atoms with E-state index < -0.39 is 0 Å². The van der Waals surface area contributed by atoms with Crippen LogP contribution in [-0.2, 0) is 11.3 Å². The molecule has 0 atom stereocenters. The maximum Gasteiger partial charge on any atom is 0.251 e. The average molecular weight is 339 g/mol. The second-order valence-corrected chi connectivity index (χ2v) is 5.76. The van der Waals surface area contributed by atoms with Gasteiger partial charge in [0.1, 0.15) is 0 Å². The largest absolute Gasteiger partial charge is 0.348 e. The summed E-state index contributed by atoms with van der Waals surface area (Å²) >= 11 is 0. The number of hydrogen-bond donors (Lipinski definition) is 2. The first-order valence-electron chi connectivity index (χ1n) is 8.56. The summed E-state index contributed by atoms with van der Waals surface area (Å²) in [4.78, 5) is 26.2. The molecule has 0 saturated carbocycles. The Hall–Kier alpha value is -2.66. The Morgan fingerprint density at radius 2 is 1.56 bits per heavy atom. The number of nitrogens with zero attached hydrogens (tertiary/aromatic N) is 1. The van der Waals surface area contributed by atoms with Crippen molar-refractivity contribution in [2.45, 2.75) is 20.4 Å². The van der Waals surface area contributed by atoms with Gasteiger partial charge in [0, 0.05) is 17.8 Å². The van der Waals surface area contributed by atoms with Crippen LogP contribution in [0.2, 0.25) is 0 Å². The summed E-state index contributed by atoms with van der Waals surface area (Å²) in [7, 11) is 0. The smallest absolute Gasteiger partial charge is 0.251 e. The summed E-state index contributed by atoms with van der Waals surface area (Å²) in [5, 5.41) is 5.74. The molecule has 2 N–H and O–H groups in total. The van der Waals surface area contributed by atoms with Crippen molar-refractivity contribution in [2.24, 2.45) is 0 Å². The topological polar surface area (TPSA) is 61.4 Å². The van der Waals surface area contributed by atoms with E-state index in [0.717, 1.165) is 18.7 Å². The van der Waals surface area contributed by atoms with Gasteiger partial charge in [0.15, 0.2) is 0 Å². The standard InChI is InChI=1S/C20H25N3O2/c1-3-23(4-2)15-19(24)22-18-12-10-17(11-13-18)20(25)21-14-16-8-6-5-7-9-16/h5-13H,3-4,14-15H2,1-2H3,(H,21,25)(H,22,24). The zero-order chi connectivity index (χ0) is 18.1. The van der Waals surface area contributed by atoms with Crippen LogP contribution in [0.1, 0.15) is 29.8 Å². The highest BCUT2D eigenvalue weighted by Gasteiger charge is 2.09. The Morgan fingerprint density at radius 3 is 2.16 bits per heavy atom. The predicted octanol–water partition coefficient (Wildman–Crippen LogP) is 2.90. The van der Waals surface area contributed by atoms with Gasteiger partial charge in [0.05, 0.1) is 6.54 Å². The van der Waals surface area contributed by atoms with E-state index in [4.69, 9.17) is 0 Å². The average Bonchev–Trinajstić information content (AvgIpc) is 2.65. The number of amides is 2. The van der Waals surface area contributed by atoms with E-state index in [1.54, 1.807) is 24.3 Å². The molecule has 2 amide bonds. The molecule has 5 nitrogen and oxygen atoms in total. The molecule has 5 heteroatoms. The SMILES string of the molecule is CCN(CC)CC(=O)Nc1ccc(C(=O)NCc2ccccc2)cc1. The molecular weight excluding hydrogens is 314 g/mol. The first kappa shape index (κ1) is 18.7. The van der Waals surface area contributed by atoms with Gasteiger partial charge in [-0.25, -0.2) is 0 Å². The molecule has 0 radical (unpaired) electrons. The zero-order valence-electron chi connectivity index (χ0n) is 14.8. The molecule has 2 aromatic carbocycles. The summed E-state index contributed by atoms with van der Waals surface area (Å²) in [5.74, 6) is -0.185. The van der Waals surface area contributed by atoms with Gasteiger partial charge in [-0.05, 0) is 42.9 Å². The Labute approximate surface area is 149 Å². The lowest BCUT2D eigenvalue weighted by Crippen LogP contribution is -2.32. The van der Waals surface area contributed by atoms with Crippen molar-refractivity contribution in [1.29, 1.82) is 0 Å². The minimum Gasteiger partial charge on any atom is -0.348 e. The highest BCUT2D eigenvalue weighted by atomic mass is 16.2. The molecule has 0 aliphatic rings. The minimum atomic E-state index is -0.134. The maximum atomic E-state index is 12.2. The molecule has 0 unspecified atom stereocenters. The molecule has 0 bridgehead atoms. The summed E-state index contributed by atoms with van der Waals surface area (Å²) in [6.07, 6.45) is 0. The third kappa shape index (κ3) is 6.04. The lowest BCUT2D eigenvalue weighted by atomic mass is 10.1. The van der Waals surface area contributed by atoms with Crippen LogP contribution in [0, 0.1) is 0 Å². The van der Waals surface area contributed by atoms with Gasteiger partial charge in [-0.3, -0.25) is 14.5 Å². The number of carbonyl (C=O) groups is 2. The normalized spacial score (nSPS) is 10.5. The van der Waals surface area contributed by atoms with E-state index in [1.807, 2.05) is 49.1 Å². The maximum absolute atomic E-state index is 12.2. The van der Waals surface area contributed by atoms with Crippen molar-refractivity contribution in [3.63, 3.8) is 0 Å². The Bertz CT molecular complexity index is 680. The van der Waals surface area contributed by atoms with Crippen molar-refractivity contribution in [1.82, 2.24) is 10.2 Å². The second kappa shape index (κ2) is 9.59. The molecule has 132 valence electrons. The molecule has 0 aliphatic heterocycles. The van der Waals surface area contributed by atoms with E-state index in [9.17, 15) is 9.59 Å². The van der Waals surface area contributed by atoms with Crippen LogP contribution in [-0.4, -0.2) is 36.3 Å². The summed E-state index contributed by atoms with van der Waals surface area (Å²) < 4.78 is 0. The van der Waals surface area contributed by atoms with Crippen molar-refractivity contribution >= 4 is 17.5 Å². The predicted molar refractivity (Wildman–Crippen MR) is 100 cm³/mol. The third-order valence-corrected chi connectivity index (χ3v) is 3.99. The Morgan fingerprint density at radius 1 is 0.920 bits per heavy atom. The molecule has 0 spiro atoms. The quantitative estimate of drug-likeness (QED) is 0.777. The second-order valence-electron chi connectivity index (χ2n) is 5.76. The van der Waals surface area contributed by atoms with Gasteiger partial charge < -0.3 is 10.6 Å². The fourth-order valence-electron chi connectivity index (χ4n) is 2.44. The van der Waals surface area contributed by atoms with Gasteiger partial charge >= 0.3 is 0 Å². The van der Waals surface area contributed by atoms with E-state index in [1.165, 1.54) is 0 Å². The van der Waals surface area contributed by atoms with Gasteiger partial charge in [0.25, 0.3) is 5.91 Å². The van der Waals surface area contributed by atoms with Gasteiger partial charge in [-0.1, -0.05) is 44.2 Å². The molecule has 0 fully saturated rings. The van der Waals surface area contributed by atoms with Crippen molar-refractivity contribution < 1.29 is 9.59 Å². The molecule has 25 heavy (non-hydrogen) atoms. The first-order chi connectivity index (χ1) is 12.1. The van der Waals surface area contributed by atoms with Gasteiger partial charge in [0.2, 0.25) is 5.91 Å². The number of hydrogen-bond acceptors (Lipinski definition) is 3. The van der Waals surface area contributed by atoms with Crippen LogP contribution in [0.4, 0.5) is 5.69 Å². The fourth-order valence-corrected chi connectivity index (χ4v) is 2.44. The Balaban J connectivity index is 1.86. The van der Waals surface area contributed by atoms with Gasteiger partial charge in [-0.2, -0.15) is 0 Å². The van der Waals surface area contributed by atoms with E-state index in [-0.39, 0.29) is 11.8 Å². The number of benzene rings is 2. The summed E-state index contributed by atoms with van der Waals surface area (Å²) in [5.41, 5.74) is 2.31. The molecule has 0 aliphatic carbocycles.